The smallest absolute Gasteiger partial charge is 0.278 e. The van der Waals surface area contributed by atoms with Gasteiger partial charge in [0.1, 0.15) is 0 Å². The van der Waals surface area contributed by atoms with Gasteiger partial charge in [-0.2, -0.15) is 0 Å². The number of aliphatic hydroxyl groups is 1. The van der Waals surface area contributed by atoms with Gasteiger partial charge in [0.05, 0.1) is 16.2 Å². The van der Waals surface area contributed by atoms with Crippen LogP contribution in [0.2, 0.25) is 0 Å². The Morgan fingerprint density at radius 1 is 1.45 bits per heavy atom. The molecule has 0 radical (unpaired) electrons. The van der Waals surface area contributed by atoms with Crippen molar-refractivity contribution in [2.24, 2.45) is 0 Å². The summed E-state index contributed by atoms with van der Waals surface area (Å²) in [5.41, 5.74) is 1.19. The Labute approximate surface area is 119 Å². The van der Waals surface area contributed by atoms with E-state index in [2.05, 4.69) is 4.98 Å². The molecule has 0 fully saturated rings. The Hall–Kier alpha value is -1.53. The number of rotatable bonds is 6. The van der Waals surface area contributed by atoms with Crippen molar-refractivity contribution in [1.82, 2.24) is 9.88 Å². The molecular weight excluding hydrogens is 258 g/mol. The fraction of sp³-hybridized carbons (Fsp3) is 0.643. The molecule has 0 aliphatic carbocycles. The minimum absolute atomic E-state index is 0.134. The lowest BCUT2D eigenvalue weighted by Crippen LogP contribution is -2.38. The molecule has 1 aromatic heterocycles. The van der Waals surface area contributed by atoms with E-state index < -0.39 is 5.60 Å². The summed E-state index contributed by atoms with van der Waals surface area (Å²) < 4.78 is 0. The Kier molecular flexibility index (Phi) is 5.19. The maximum absolute atomic E-state index is 11.1. The number of aromatic nitrogens is 1. The molecule has 0 unspecified atom stereocenters. The maximum Gasteiger partial charge on any atom is 0.278 e. The number of hydrogen-bond donors (Lipinski definition) is 1. The first-order chi connectivity index (χ1) is 9.15. The molecule has 0 atom stereocenters. The molecule has 1 N–H and O–H groups in total. The Morgan fingerprint density at radius 3 is 2.50 bits per heavy atom. The molecule has 1 heterocycles. The standard InChI is InChI=1S/C14H23N3O3/c1-6-16(9-14(4,5)18)8-12-11(3)13(17(19)20)10(2)7-15-12/h7,18H,6,8-9H2,1-5H3. The van der Waals surface area contributed by atoms with Gasteiger partial charge in [0.25, 0.3) is 5.69 Å². The zero-order valence-corrected chi connectivity index (χ0v) is 12.8. The number of pyridine rings is 1. The fourth-order valence-electron chi connectivity index (χ4n) is 2.24. The monoisotopic (exact) mass is 281 g/mol. The molecule has 0 saturated carbocycles. The highest BCUT2D eigenvalue weighted by molar-refractivity contribution is 5.47. The molecule has 0 aromatic carbocycles. The SMILES string of the molecule is CCN(Cc1ncc(C)c([N+](=O)[O-])c1C)CC(C)(C)O. The van der Waals surface area contributed by atoms with Gasteiger partial charge in [0.15, 0.2) is 0 Å². The van der Waals surface area contributed by atoms with Gasteiger partial charge in [-0.05, 0) is 34.2 Å². The van der Waals surface area contributed by atoms with E-state index in [9.17, 15) is 15.2 Å². The van der Waals surface area contributed by atoms with E-state index in [1.807, 2.05) is 11.8 Å². The van der Waals surface area contributed by atoms with Crippen molar-refractivity contribution < 1.29 is 10.0 Å². The molecule has 1 rings (SSSR count). The molecule has 0 bridgehead atoms. The summed E-state index contributed by atoms with van der Waals surface area (Å²) in [6, 6.07) is 0. The molecule has 0 amide bonds. The summed E-state index contributed by atoms with van der Waals surface area (Å²) in [6.07, 6.45) is 1.54. The van der Waals surface area contributed by atoms with Crippen molar-refractivity contribution in [2.45, 2.75) is 46.8 Å². The minimum Gasteiger partial charge on any atom is -0.389 e. The predicted octanol–water partition coefficient (Wildman–Crippen LogP) is 2.20. The topological polar surface area (TPSA) is 79.5 Å². The largest absolute Gasteiger partial charge is 0.389 e. The third-order valence-electron chi connectivity index (χ3n) is 3.19. The van der Waals surface area contributed by atoms with E-state index in [1.165, 1.54) is 0 Å². The van der Waals surface area contributed by atoms with E-state index in [0.29, 0.717) is 29.9 Å². The van der Waals surface area contributed by atoms with Gasteiger partial charge >= 0.3 is 0 Å². The van der Waals surface area contributed by atoms with Crippen LogP contribution in [-0.4, -0.2) is 38.6 Å². The second kappa shape index (κ2) is 6.28. The van der Waals surface area contributed by atoms with Gasteiger partial charge in [-0.3, -0.25) is 20.0 Å². The first kappa shape index (κ1) is 16.5. The van der Waals surface area contributed by atoms with Crippen LogP contribution in [0.4, 0.5) is 5.69 Å². The molecule has 0 aliphatic rings. The van der Waals surface area contributed by atoms with E-state index in [4.69, 9.17) is 0 Å². The van der Waals surface area contributed by atoms with E-state index >= 15 is 0 Å². The predicted molar refractivity (Wildman–Crippen MR) is 77.6 cm³/mol. The van der Waals surface area contributed by atoms with Crippen LogP contribution in [0.1, 0.15) is 37.6 Å². The lowest BCUT2D eigenvalue weighted by Gasteiger charge is -2.28. The quantitative estimate of drug-likeness (QED) is 0.638. The highest BCUT2D eigenvalue weighted by Gasteiger charge is 2.22. The number of nitro groups is 1. The van der Waals surface area contributed by atoms with Gasteiger partial charge in [-0.15, -0.1) is 0 Å². The molecule has 6 nitrogen and oxygen atoms in total. The summed E-state index contributed by atoms with van der Waals surface area (Å²) in [5, 5.41) is 21.0. The van der Waals surface area contributed by atoms with Gasteiger partial charge in [0, 0.05) is 30.4 Å². The van der Waals surface area contributed by atoms with Crippen LogP contribution in [0.25, 0.3) is 0 Å². The third kappa shape index (κ3) is 4.25. The zero-order valence-electron chi connectivity index (χ0n) is 12.8. The van der Waals surface area contributed by atoms with Crippen LogP contribution in [0, 0.1) is 24.0 Å². The molecule has 112 valence electrons. The molecule has 20 heavy (non-hydrogen) atoms. The Balaban J connectivity index is 3.03. The third-order valence-corrected chi connectivity index (χ3v) is 3.19. The lowest BCUT2D eigenvalue weighted by atomic mass is 10.1. The maximum atomic E-state index is 11.1. The van der Waals surface area contributed by atoms with Crippen molar-refractivity contribution >= 4 is 5.69 Å². The molecule has 0 saturated heterocycles. The van der Waals surface area contributed by atoms with Crippen LogP contribution >= 0.6 is 0 Å². The first-order valence-corrected chi connectivity index (χ1v) is 6.70. The van der Waals surface area contributed by atoms with E-state index in [-0.39, 0.29) is 10.6 Å². The number of hydrogen-bond acceptors (Lipinski definition) is 5. The zero-order chi connectivity index (χ0) is 15.5. The van der Waals surface area contributed by atoms with Crippen LogP contribution in [0.3, 0.4) is 0 Å². The van der Waals surface area contributed by atoms with Gasteiger partial charge < -0.3 is 5.11 Å². The summed E-state index contributed by atoms with van der Waals surface area (Å²) in [5.74, 6) is 0. The summed E-state index contributed by atoms with van der Waals surface area (Å²) >= 11 is 0. The second-order valence-corrected chi connectivity index (χ2v) is 5.73. The molecular formula is C14H23N3O3. The molecule has 1 aromatic rings. The van der Waals surface area contributed by atoms with Crippen LogP contribution < -0.4 is 0 Å². The van der Waals surface area contributed by atoms with Crippen LogP contribution in [-0.2, 0) is 6.54 Å². The van der Waals surface area contributed by atoms with Crippen LogP contribution in [0.15, 0.2) is 6.20 Å². The minimum atomic E-state index is -0.805. The number of nitrogens with zero attached hydrogens (tertiary/aromatic N) is 3. The highest BCUT2D eigenvalue weighted by Crippen LogP contribution is 2.25. The normalized spacial score (nSPS) is 11.9. The van der Waals surface area contributed by atoms with Gasteiger partial charge in [-0.25, -0.2) is 0 Å². The van der Waals surface area contributed by atoms with E-state index in [0.717, 1.165) is 6.54 Å². The highest BCUT2D eigenvalue weighted by atomic mass is 16.6. The van der Waals surface area contributed by atoms with E-state index in [1.54, 1.807) is 33.9 Å². The number of likely N-dealkylation sites (N-methyl/N-ethyl adjacent to an activating group) is 1. The number of aryl methyl sites for hydroxylation is 1. The summed E-state index contributed by atoms with van der Waals surface area (Å²) in [6.45, 7) is 10.6. The van der Waals surface area contributed by atoms with Crippen molar-refractivity contribution in [2.75, 3.05) is 13.1 Å². The molecule has 0 aliphatic heterocycles. The average molecular weight is 281 g/mol. The molecule has 0 spiro atoms. The van der Waals surface area contributed by atoms with Crippen molar-refractivity contribution in [3.63, 3.8) is 0 Å². The second-order valence-electron chi connectivity index (χ2n) is 5.73. The summed E-state index contributed by atoms with van der Waals surface area (Å²) in [4.78, 5) is 17.1. The lowest BCUT2D eigenvalue weighted by molar-refractivity contribution is -0.386. The van der Waals surface area contributed by atoms with Gasteiger partial charge in [-0.1, -0.05) is 6.92 Å². The summed E-state index contributed by atoms with van der Waals surface area (Å²) in [7, 11) is 0. The van der Waals surface area contributed by atoms with Crippen molar-refractivity contribution in [3.05, 3.63) is 33.1 Å². The van der Waals surface area contributed by atoms with Crippen molar-refractivity contribution in [1.29, 1.82) is 0 Å². The van der Waals surface area contributed by atoms with Crippen LogP contribution in [0.5, 0.6) is 0 Å². The average Bonchev–Trinajstić information content (AvgIpc) is 2.29. The fourth-order valence-corrected chi connectivity index (χ4v) is 2.24. The first-order valence-electron chi connectivity index (χ1n) is 6.70. The van der Waals surface area contributed by atoms with Gasteiger partial charge in [0.2, 0.25) is 0 Å². The Morgan fingerprint density at radius 2 is 2.05 bits per heavy atom. The molecule has 6 heteroatoms. The van der Waals surface area contributed by atoms with Crippen molar-refractivity contribution in [3.8, 4) is 0 Å². The Bertz CT molecular complexity index is 495.